The molecule has 0 bridgehead atoms. The lowest BCUT2D eigenvalue weighted by Crippen LogP contribution is -2.70. The molecule has 0 aromatic rings. The fourth-order valence-corrected chi connectivity index (χ4v) is 5.04. The van der Waals surface area contributed by atoms with Crippen molar-refractivity contribution >= 4 is 0 Å². The molecule has 16 heteroatoms. The zero-order chi connectivity index (χ0) is 27.4. The highest BCUT2D eigenvalue weighted by Crippen LogP contribution is 2.32. The number of nitrogens with one attached hydrogen (secondary N) is 3. The van der Waals surface area contributed by atoms with Gasteiger partial charge in [-0.1, -0.05) is 0 Å². The first-order valence-electron chi connectivity index (χ1n) is 12.2. The molecule has 218 valence electrons. The van der Waals surface area contributed by atoms with Crippen molar-refractivity contribution < 1.29 is 64.5 Å². The Morgan fingerprint density at radius 1 is 0.541 bits per heavy atom. The Kier molecular flexibility index (Phi) is 11.4. The molecule has 15 atom stereocenters. The van der Waals surface area contributed by atoms with Crippen molar-refractivity contribution in [3.63, 3.8) is 0 Å². The summed E-state index contributed by atoms with van der Waals surface area (Å²) in [5, 5.41) is 90.3. The van der Waals surface area contributed by atoms with Crippen LogP contribution in [0.2, 0.25) is 0 Å². The molecule has 0 radical (unpaired) electrons. The van der Waals surface area contributed by atoms with Crippen LogP contribution in [0.5, 0.6) is 0 Å². The van der Waals surface area contributed by atoms with E-state index in [9.17, 15) is 40.9 Å². The van der Waals surface area contributed by atoms with Gasteiger partial charge in [-0.15, -0.1) is 0 Å². The zero-order valence-corrected chi connectivity index (χ0v) is 20.9. The minimum Gasteiger partial charge on any atom is -0.394 e. The minimum absolute atomic E-state index is 0.589. The van der Waals surface area contributed by atoms with Gasteiger partial charge in [0.2, 0.25) is 0 Å². The topological polar surface area (TPSA) is 244 Å². The zero-order valence-electron chi connectivity index (χ0n) is 20.9. The maximum atomic E-state index is 11.2. The van der Waals surface area contributed by atoms with Crippen molar-refractivity contribution in [1.82, 2.24) is 16.0 Å². The molecule has 0 aromatic heterocycles. The molecule has 0 aliphatic carbocycles. The van der Waals surface area contributed by atoms with Crippen LogP contribution in [0.1, 0.15) is 0 Å². The van der Waals surface area contributed by atoms with Gasteiger partial charge < -0.3 is 80.5 Å². The van der Waals surface area contributed by atoms with E-state index < -0.39 is 112 Å². The van der Waals surface area contributed by atoms with Gasteiger partial charge in [-0.25, -0.2) is 0 Å². The maximum absolute atomic E-state index is 11.2. The predicted molar refractivity (Wildman–Crippen MR) is 122 cm³/mol. The van der Waals surface area contributed by atoms with Crippen LogP contribution in [0.4, 0.5) is 0 Å². The van der Waals surface area contributed by atoms with E-state index in [0.717, 1.165) is 0 Å². The second-order valence-electron chi connectivity index (χ2n) is 9.31. The first-order valence-corrected chi connectivity index (χ1v) is 12.2. The van der Waals surface area contributed by atoms with E-state index in [1.807, 2.05) is 0 Å². The number of rotatable bonds is 10. The van der Waals surface area contributed by atoms with Crippen LogP contribution in [0.25, 0.3) is 0 Å². The Morgan fingerprint density at radius 3 is 1.41 bits per heavy atom. The summed E-state index contributed by atoms with van der Waals surface area (Å²) in [4.78, 5) is 0. The van der Waals surface area contributed by atoms with Crippen LogP contribution < -0.4 is 16.0 Å². The van der Waals surface area contributed by atoms with Gasteiger partial charge in [0.15, 0.2) is 18.9 Å². The van der Waals surface area contributed by atoms with E-state index in [-0.39, 0.29) is 0 Å². The molecule has 3 rings (SSSR count). The lowest BCUT2D eigenvalue weighted by Gasteiger charge is -2.49. The van der Waals surface area contributed by atoms with Crippen molar-refractivity contribution in [3.8, 4) is 0 Å². The third-order valence-corrected chi connectivity index (χ3v) is 7.19. The molecule has 0 amide bonds. The van der Waals surface area contributed by atoms with Crippen LogP contribution >= 0.6 is 0 Å². The highest BCUT2D eigenvalue weighted by Gasteiger charge is 2.53. The second-order valence-corrected chi connectivity index (χ2v) is 9.31. The number of hydrogen-bond acceptors (Lipinski definition) is 16. The summed E-state index contributed by atoms with van der Waals surface area (Å²) in [6.45, 7) is -1.82. The van der Waals surface area contributed by atoms with Crippen molar-refractivity contribution in [3.05, 3.63) is 0 Å². The Hall–Kier alpha value is -0.640. The minimum atomic E-state index is -1.41. The van der Waals surface area contributed by atoms with Gasteiger partial charge in [0, 0.05) is 0 Å². The van der Waals surface area contributed by atoms with Crippen LogP contribution in [0, 0.1) is 0 Å². The smallest absolute Gasteiger partial charge is 0.176 e. The first-order chi connectivity index (χ1) is 17.7. The standard InChI is InChI=1S/C21H41N3O13/c1-22-10-15(30)17(8(5-26)33-19(10)32)36-21-12(24-3)16(31)18(9(6-27)35-21)37-20-11(23-2)14(29)13(28)7(4-25)34-20/h7-32H,4-6H2,1-3H3. The lowest BCUT2D eigenvalue weighted by atomic mass is 9.94. The molecule has 0 saturated carbocycles. The van der Waals surface area contributed by atoms with E-state index >= 15 is 0 Å². The fraction of sp³-hybridized carbons (Fsp3) is 1.00. The van der Waals surface area contributed by atoms with Crippen LogP contribution in [0.3, 0.4) is 0 Å². The molecule has 3 heterocycles. The van der Waals surface area contributed by atoms with E-state index in [4.69, 9.17) is 23.7 Å². The van der Waals surface area contributed by atoms with Gasteiger partial charge in [-0.05, 0) is 21.1 Å². The highest BCUT2D eigenvalue weighted by molar-refractivity contribution is 4.99. The SMILES string of the molecule is CNC1C(O)OC(CO)C(OC2OC(CO)C(OC3OC(CO)C(O)C(O)C3NC)C(O)C2NC)C1O. The Morgan fingerprint density at radius 2 is 0.946 bits per heavy atom. The number of aliphatic hydroxyl groups is 8. The van der Waals surface area contributed by atoms with Gasteiger partial charge in [0.05, 0.1) is 37.9 Å². The summed E-state index contributed by atoms with van der Waals surface area (Å²) in [5.74, 6) is 0. The molecule has 11 N–H and O–H groups in total. The largest absolute Gasteiger partial charge is 0.394 e. The molecule has 0 aromatic carbocycles. The average molecular weight is 544 g/mol. The molecule has 3 aliphatic heterocycles. The fourth-order valence-electron chi connectivity index (χ4n) is 5.04. The summed E-state index contributed by atoms with van der Waals surface area (Å²) < 4.78 is 28.7. The number of aliphatic hydroxyl groups excluding tert-OH is 8. The van der Waals surface area contributed by atoms with Crippen molar-refractivity contribution in [2.24, 2.45) is 0 Å². The average Bonchev–Trinajstić information content (AvgIpc) is 2.89. The molecule has 15 unspecified atom stereocenters. The van der Waals surface area contributed by atoms with E-state index in [0.29, 0.717) is 0 Å². The van der Waals surface area contributed by atoms with Crippen molar-refractivity contribution in [2.45, 2.75) is 91.9 Å². The number of likely N-dealkylation sites (N-methyl/N-ethyl adjacent to an activating group) is 3. The lowest BCUT2D eigenvalue weighted by molar-refractivity contribution is -0.352. The molecule has 16 nitrogen and oxygen atoms in total. The van der Waals surface area contributed by atoms with Gasteiger partial charge >= 0.3 is 0 Å². The quantitative estimate of drug-likeness (QED) is 0.123. The molecule has 0 spiro atoms. The number of ether oxygens (including phenoxy) is 5. The Labute approximate surface area is 214 Å². The van der Waals surface area contributed by atoms with Crippen LogP contribution in [-0.2, 0) is 23.7 Å². The van der Waals surface area contributed by atoms with Gasteiger partial charge in [-0.2, -0.15) is 0 Å². The molecule has 3 aliphatic rings. The molecule has 3 saturated heterocycles. The van der Waals surface area contributed by atoms with E-state index in [2.05, 4.69) is 16.0 Å². The highest BCUT2D eigenvalue weighted by atomic mass is 16.7. The van der Waals surface area contributed by atoms with Crippen molar-refractivity contribution in [2.75, 3.05) is 41.0 Å². The van der Waals surface area contributed by atoms with Gasteiger partial charge in [0.25, 0.3) is 0 Å². The third-order valence-electron chi connectivity index (χ3n) is 7.19. The molecular formula is C21H41N3O13. The molecule has 37 heavy (non-hydrogen) atoms. The summed E-state index contributed by atoms with van der Waals surface area (Å²) in [5.41, 5.74) is 0. The van der Waals surface area contributed by atoms with Gasteiger partial charge in [-0.3, -0.25) is 0 Å². The van der Waals surface area contributed by atoms with Crippen LogP contribution in [-0.4, -0.2) is 174 Å². The summed E-state index contributed by atoms with van der Waals surface area (Å²) in [6, 6.07) is -2.88. The third kappa shape index (κ3) is 6.25. The maximum Gasteiger partial charge on any atom is 0.176 e. The summed E-state index contributed by atoms with van der Waals surface area (Å²) in [6.07, 6.45) is -15.3. The monoisotopic (exact) mass is 543 g/mol. The Balaban J connectivity index is 1.79. The van der Waals surface area contributed by atoms with E-state index in [1.165, 1.54) is 21.1 Å². The van der Waals surface area contributed by atoms with Crippen molar-refractivity contribution in [1.29, 1.82) is 0 Å². The molecule has 3 fully saturated rings. The summed E-state index contributed by atoms with van der Waals surface area (Å²) in [7, 11) is 4.51. The number of hydrogen-bond donors (Lipinski definition) is 11. The van der Waals surface area contributed by atoms with Gasteiger partial charge in [0.1, 0.15) is 54.9 Å². The molecular weight excluding hydrogens is 502 g/mol. The first kappa shape index (κ1) is 30.9. The Bertz CT molecular complexity index is 698. The normalized spacial score (nSPS) is 49.2. The van der Waals surface area contributed by atoms with Crippen LogP contribution in [0.15, 0.2) is 0 Å². The second kappa shape index (κ2) is 13.6. The predicted octanol–water partition coefficient (Wildman–Crippen LogP) is -6.89. The van der Waals surface area contributed by atoms with E-state index in [1.54, 1.807) is 0 Å². The summed E-state index contributed by atoms with van der Waals surface area (Å²) >= 11 is 0.